The van der Waals surface area contributed by atoms with Crippen LogP contribution in [0.25, 0.3) is 0 Å². The van der Waals surface area contributed by atoms with Gasteiger partial charge in [-0.1, -0.05) is 0 Å². The van der Waals surface area contributed by atoms with Crippen LogP contribution in [0.4, 0.5) is 8.78 Å². The second kappa shape index (κ2) is 7.26. The van der Waals surface area contributed by atoms with Gasteiger partial charge in [-0.05, 0) is 37.8 Å². The Labute approximate surface area is 149 Å². The van der Waals surface area contributed by atoms with E-state index >= 15 is 0 Å². The smallest absolute Gasteiger partial charge is 0.333 e. The van der Waals surface area contributed by atoms with E-state index in [4.69, 9.17) is 9.84 Å². The lowest BCUT2D eigenvalue weighted by molar-refractivity contribution is -0.150. The summed E-state index contributed by atoms with van der Waals surface area (Å²) in [5, 5.41) is 18.5. The normalized spacial score (nSPS) is 28.3. The van der Waals surface area contributed by atoms with E-state index in [0.717, 1.165) is 16.9 Å². The molecule has 3 rings (SSSR count). The molecule has 2 aliphatic heterocycles. The number of fused-ring (bicyclic) bond motifs is 2. The maximum atomic E-state index is 12.7. The Balaban J connectivity index is 1.76. The van der Waals surface area contributed by atoms with Crippen molar-refractivity contribution in [3.05, 3.63) is 21.4 Å². The highest BCUT2D eigenvalue weighted by atomic mass is 32.1. The molecule has 0 amide bonds. The number of hydrogen-bond acceptors (Lipinski definition) is 5. The maximum absolute atomic E-state index is 12.7. The van der Waals surface area contributed by atoms with Crippen molar-refractivity contribution in [1.82, 2.24) is 4.90 Å². The molecule has 0 unspecified atom stereocenters. The summed E-state index contributed by atoms with van der Waals surface area (Å²) in [7, 11) is 0. The Morgan fingerprint density at radius 1 is 1.56 bits per heavy atom. The molecule has 140 valence electrons. The Morgan fingerprint density at radius 3 is 2.96 bits per heavy atom. The fourth-order valence-electron chi connectivity index (χ4n) is 3.89. The fraction of sp³-hybridized carbons (Fsp3) is 0.706. The Kier molecular flexibility index (Phi) is 5.43. The molecule has 1 aromatic rings. The molecule has 2 N–H and O–H groups in total. The van der Waals surface area contributed by atoms with Gasteiger partial charge in [0.25, 0.3) is 0 Å². The zero-order valence-electron chi connectivity index (χ0n) is 14.1. The topological polar surface area (TPSA) is 70.0 Å². The number of halogens is 2. The van der Waals surface area contributed by atoms with Gasteiger partial charge in [0, 0.05) is 35.3 Å². The largest absolute Gasteiger partial charge is 0.479 e. The minimum atomic E-state index is -2.35. The number of aliphatic carboxylic acids is 1. The predicted molar refractivity (Wildman–Crippen MR) is 89.3 cm³/mol. The molecule has 0 aliphatic carbocycles. The van der Waals surface area contributed by atoms with E-state index in [1.54, 1.807) is 0 Å². The van der Waals surface area contributed by atoms with Crippen LogP contribution >= 0.6 is 11.3 Å². The van der Waals surface area contributed by atoms with Crippen LogP contribution in [0.2, 0.25) is 0 Å². The number of thiophene rings is 1. The zero-order valence-corrected chi connectivity index (χ0v) is 14.9. The Hall–Kier alpha value is -1.09. The molecular weight excluding hydrogens is 352 g/mol. The van der Waals surface area contributed by atoms with Crippen molar-refractivity contribution in [2.24, 2.45) is 0 Å². The number of aliphatic hydroxyl groups is 1. The first-order chi connectivity index (χ1) is 11.8. The van der Waals surface area contributed by atoms with Crippen LogP contribution in [-0.4, -0.2) is 59.3 Å². The van der Waals surface area contributed by atoms with Crippen LogP contribution in [-0.2, 0) is 28.0 Å². The van der Waals surface area contributed by atoms with Crippen molar-refractivity contribution in [1.29, 1.82) is 0 Å². The van der Waals surface area contributed by atoms with Gasteiger partial charge in [0.05, 0.1) is 6.61 Å². The molecule has 0 aromatic carbocycles. The predicted octanol–water partition coefficient (Wildman–Crippen LogP) is 2.25. The summed E-state index contributed by atoms with van der Waals surface area (Å²) in [6.45, 7) is 3.25. The molecule has 1 spiro atoms. The van der Waals surface area contributed by atoms with Gasteiger partial charge >= 0.3 is 5.97 Å². The number of piperidine rings is 1. The molecule has 3 heterocycles. The van der Waals surface area contributed by atoms with Gasteiger partial charge in [-0.3, -0.25) is 4.90 Å². The molecule has 3 atom stereocenters. The molecule has 0 radical (unpaired) electrons. The van der Waals surface area contributed by atoms with Gasteiger partial charge in [0.2, 0.25) is 6.43 Å². The lowest BCUT2D eigenvalue weighted by Crippen LogP contribution is -2.52. The fourth-order valence-corrected chi connectivity index (χ4v) is 5.29. The van der Waals surface area contributed by atoms with Crippen LogP contribution in [0.5, 0.6) is 0 Å². The molecule has 1 fully saturated rings. The molecule has 2 aliphatic rings. The number of rotatable bonds is 5. The van der Waals surface area contributed by atoms with E-state index in [1.165, 1.54) is 11.3 Å². The summed E-state index contributed by atoms with van der Waals surface area (Å²) in [4.78, 5) is 14.6. The second-order valence-corrected chi connectivity index (χ2v) is 8.04. The Morgan fingerprint density at radius 2 is 2.32 bits per heavy atom. The molecule has 1 aromatic heterocycles. The van der Waals surface area contributed by atoms with Gasteiger partial charge < -0.3 is 14.9 Å². The molecule has 25 heavy (non-hydrogen) atoms. The maximum Gasteiger partial charge on any atom is 0.333 e. The first kappa shape index (κ1) is 18.7. The number of aliphatic hydroxyl groups excluding tert-OH is 1. The standard InChI is InChI=1S/C17H23F2NO4S/c1-10-8-17(3-4-20(10)9-13(21)16(22)23)15-11(2-5-24-17)6-12(25-15)7-14(18)19/h6,10,13-14,21H,2-5,7-9H2,1H3,(H,22,23)/t10-,13-,17+/m0/s1. The Bertz CT molecular complexity index is 638. The van der Waals surface area contributed by atoms with Crippen molar-refractivity contribution in [2.75, 3.05) is 19.7 Å². The minimum absolute atomic E-state index is 0.0364. The monoisotopic (exact) mass is 375 g/mol. The van der Waals surface area contributed by atoms with Gasteiger partial charge in [-0.25, -0.2) is 13.6 Å². The van der Waals surface area contributed by atoms with Crippen molar-refractivity contribution in [2.45, 2.75) is 56.8 Å². The number of hydrogen-bond donors (Lipinski definition) is 2. The van der Waals surface area contributed by atoms with E-state index in [0.29, 0.717) is 30.9 Å². The number of nitrogens with zero attached hydrogens (tertiary/aromatic N) is 1. The van der Waals surface area contributed by atoms with E-state index in [2.05, 4.69) is 0 Å². The van der Waals surface area contributed by atoms with Crippen molar-refractivity contribution in [3.8, 4) is 0 Å². The lowest BCUT2D eigenvalue weighted by Gasteiger charge is -2.47. The number of β-amino-alcohol motifs (C(OH)–C–C–N with tert-alkyl or cyclic N) is 1. The van der Waals surface area contributed by atoms with Crippen LogP contribution in [0.15, 0.2) is 6.07 Å². The number of carboxylic acids is 1. The average molecular weight is 375 g/mol. The molecule has 8 heteroatoms. The number of ether oxygens (including phenoxy) is 1. The summed E-state index contributed by atoms with van der Waals surface area (Å²) >= 11 is 1.42. The van der Waals surface area contributed by atoms with E-state index in [-0.39, 0.29) is 19.0 Å². The zero-order chi connectivity index (χ0) is 18.2. The SMILES string of the molecule is C[C@H]1C[C@@]2(CCN1C[C@H](O)C(=O)O)OCCc1cc(CC(F)F)sc12. The van der Waals surface area contributed by atoms with Crippen LogP contribution in [0.1, 0.15) is 35.1 Å². The van der Waals surface area contributed by atoms with Crippen molar-refractivity contribution in [3.63, 3.8) is 0 Å². The highest BCUT2D eigenvalue weighted by Crippen LogP contribution is 2.47. The summed E-state index contributed by atoms with van der Waals surface area (Å²) in [6.07, 6.45) is -1.90. The first-order valence-electron chi connectivity index (χ1n) is 8.50. The van der Waals surface area contributed by atoms with Crippen molar-refractivity contribution >= 4 is 17.3 Å². The molecule has 0 bridgehead atoms. The van der Waals surface area contributed by atoms with E-state index in [1.807, 2.05) is 17.9 Å². The van der Waals surface area contributed by atoms with Crippen molar-refractivity contribution < 1.29 is 28.5 Å². The molecular formula is C17H23F2NO4S. The lowest BCUT2D eigenvalue weighted by atomic mass is 9.82. The minimum Gasteiger partial charge on any atom is -0.479 e. The van der Waals surface area contributed by atoms with Gasteiger partial charge in [-0.15, -0.1) is 11.3 Å². The van der Waals surface area contributed by atoms with Crippen LogP contribution in [0, 0.1) is 0 Å². The number of likely N-dealkylation sites (tertiary alicyclic amines) is 1. The summed E-state index contributed by atoms with van der Waals surface area (Å²) in [6, 6.07) is 1.93. The quantitative estimate of drug-likeness (QED) is 0.826. The first-order valence-corrected chi connectivity index (χ1v) is 9.31. The summed E-state index contributed by atoms with van der Waals surface area (Å²) in [5.74, 6) is -1.22. The summed E-state index contributed by atoms with van der Waals surface area (Å²) < 4.78 is 31.6. The molecule has 1 saturated heterocycles. The third-order valence-electron chi connectivity index (χ3n) is 5.12. The van der Waals surface area contributed by atoms with E-state index in [9.17, 15) is 18.7 Å². The van der Waals surface area contributed by atoms with Gasteiger partial charge in [-0.2, -0.15) is 0 Å². The molecule has 0 saturated carbocycles. The van der Waals surface area contributed by atoms with Crippen LogP contribution < -0.4 is 0 Å². The van der Waals surface area contributed by atoms with Gasteiger partial charge in [0.1, 0.15) is 5.60 Å². The van der Waals surface area contributed by atoms with Crippen LogP contribution in [0.3, 0.4) is 0 Å². The summed E-state index contributed by atoms with van der Waals surface area (Å²) in [5.41, 5.74) is 0.640. The average Bonchev–Trinajstić information content (AvgIpc) is 2.93. The van der Waals surface area contributed by atoms with E-state index < -0.39 is 24.1 Å². The third kappa shape index (κ3) is 3.86. The van der Waals surface area contributed by atoms with Gasteiger partial charge in [0.15, 0.2) is 6.10 Å². The highest BCUT2D eigenvalue weighted by molar-refractivity contribution is 7.12. The molecule has 5 nitrogen and oxygen atoms in total. The third-order valence-corrected chi connectivity index (χ3v) is 6.51. The number of carbonyl (C=O) groups is 1. The second-order valence-electron chi connectivity index (χ2n) is 6.91. The number of alkyl halides is 2. The number of carboxylic acid groups (broad SMARTS) is 1. The highest BCUT2D eigenvalue weighted by Gasteiger charge is 2.45.